The van der Waals surface area contributed by atoms with Gasteiger partial charge in [-0.1, -0.05) is 13.8 Å². The van der Waals surface area contributed by atoms with Crippen molar-refractivity contribution >= 4 is 0 Å². The molecule has 0 bridgehead atoms. The third-order valence-electron chi connectivity index (χ3n) is 1.81. The van der Waals surface area contributed by atoms with Gasteiger partial charge in [0.2, 0.25) is 0 Å². The summed E-state index contributed by atoms with van der Waals surface area (Å²) in [6, 6.07) is 0.527. The second-order valence-electron chi connectivity index (χ2n) is 3.68. The van der Waals surface area contributed by atoms with Gasteiger partial charge in [0, 0.05) is 32.9 Å². The monoisotopic (exact) mass is 219 g/mol. The van der Waals surface area contributed by atoms with E-state index in [1.54, 1.807) is 7.11 Å². The first-order chi connectivity index (χ1) is 7.27. The molecule has 15 heavy (non-hydrogen) atoms. The Labute approximate surface area is 93.3 Å². The lowest BCUT2D eigenvalue weighted by atomic mass is 10.4. The zero-order valence-electron chi connectivity index (χ0n) is 10.3. The van der Waals surface area contributed by atoms with Crippen molar-refractivity contribution in [1.29, 1.82) is 0 Å². The number of ether oxygens (including phenoxy) is 3. The minimum absolute atomic E-state index is 0.527. The van der Waals surface area contributed by atoms with Crippen molar-refractivity contribution in [3.8, 4) is 0 Å². The first kappa shape index (κ1) is 14.8. The molecule has 1 N–H and O–H groups in total. The number of hydrogen-bond donors (Lipinski definition) is 1. The van der Waals surface area contributed by atoms with Gasteiger partial charge in [-0.2, -0.15) is 0 Å². The quantitative estimate of drug-likeness (QED) is 0.527. The summed E-state index contributed by atoms with van der Waals surface area (Å²) in [7, 11) is 1.70. The molecule has 0 radical (unpaired) electrons. The highest BCUT2D eigenvalue weighted by Crippen LogP contribution is 1.84. The van der Waals surface area contributed by atoms with Gasteiger partial charge in [-0.15, -0.1) is 0 Å². The Balaban J connectivity index is 2.87. The van der Waals surface area contributed by atoms with Gasteiger partial charge < -0.3 is 19.5 Å². The molecule has 0 aliphatic heterocycles. The zero-order valence-corrected chi connectivity index (χ0v) is 10.3. The molecule has 0 aromatic carbocycles. The first-order valence-corrected chi connectivity index (χ1v) is 5.65. The molecule has 4 heteroatoms. The highest BCUT2D eigenvalue weighted by atomic mass is 16.5. The van der Waals surface area contributed by atoms with Crippen LogP contribution in [-0.2, 0) is 14.2 Å². The molecule has 0 fully saturated rings. The average molecular weight is 219 g/mol. The summed E-state index contributed by atoms with van der Waals surface area (Å²) in [5.41, 5.74) is 0. The Bertz CT molecular complexity index is 120. The van der Waals surface area contributed by atoms with Crippen LogP contribution in [0.3, 0.4) is 0 Å². The van der Waals surface area contributed by atoms with Gasteiger partial charge in [0.05, 0.1) is 19.8 Å². The molecular weight excluding hydrogens is 194 g/mol. The summed E-state index contributed by atoms with van der Waals surface area (Å²) in [4.78, 5) is 0. The van der Waals surface area contributed by atoms with E-state index >= 15 is 0 Å². The maximum atomic E-state index is 5.37. The molecule has 0 heterocycles. The predicted octanol–water partition coefficient (Wildman–Crippen LogP) is 1.05. The Kier molecular flexibility index (Phi) is 11.8. The van der Waals surface area contributed by atoms with Crippen molar-refractivity contribution in [3.63, 3.8) is 0 Å². The summed E-state index contributed by atoms with van der Waals surface area (Å²) in [5, 5.41) is 3.28. The second-order valence-corrected chi connectivity index (χ2v) is 3.68. The Morgan fingerprint density at radius 2 is 1.60 bits per heavy atom. The van der Waals surface area contributed by atoms with E-state index in [9.17, 15) is 0 Å². The number of rotatable bonds is 11. The summed E-state index contributed by atoms with van der Waals surface area (Å²) in [6.45, 7) is 8.76. The van der Waals surface area contributed by atoms with Crippen molar-refractivity contribution < 1.29 is 14.2 Å². The molecule has 0 amide bonds. The van der Waals surface area contributed by atoms with E-state index in [2.05, 4.69) is 19.2 Å². The number of nitrogens with one attached hydrogen (secondary N) is 1. The van der Waals surface area contributed by atoms with Gasteiger partial charge in [-0.3, -0.25) is 0 Å². The summed E-state index contributed by atoms with van der Waals surface area (Å²) < 4.78 is 15.6. The lowest BCUT2D eigenvalue weighted by Crippen LogP contribution is -2.27. The van der Waals surface area contributed by atoms with Crippen LogP contribution in [0.4, 0.5) is 0 Å². The van der Waals surface area contributed by atoms with Crippen molar-refractivity contribution in [2.45, 2.75) is 26.3 Å². The molecule has 92 valence electrons. The highest BCUT2D eigenvalue weighted by molar-refractivity contribution is 4.50. The first-order valence-electron chi connectivity index (χ1n) is 5.65. The van der Waals surface area contributed by atoms with E-state index in [-0.39, 0.29) is 0 Å². The largest absolute Gasteiger partial charge is 0.385 e. The summed E-state index contributed by atoms with van der Waals surface area (Å²) >= 11 is 0. The highest BCUT2D eigenvalue weighted by Gasteiger charge is 1.92. The van der Waals surface area contributed by atoms with E-state index in [1.165, 1.54) is 0 Å². The van der Waals surface area contributed by atoms with Gasteiger partial charge in [-0.05, 0) is 6.42 Å². The number of hydrogen-bond acceptors (Lipinski definition) is 4. The van der Waals surface area contributed by atoms with Crippen molar-refractivity contribution in [2.75, 3.05) is 46.7 Å². The third kappa shape index (κ3) is 13.8. The molecule has 0 spiro atoms. The fourth-order valence-corrected chi connectivity index (χ4v) is 1.05. The summed E-state index contributed by atoms with van der Waals surface area (Å²) in [6.07, 6.45) is 0.950. The lowest BCUT2D eigenvalue weighted by molar-refractivity contribution is 0.0405. The second kappa shape index (κ2) is 11.9. The van der Waals surface area contributed by atoms with Crippen LogP contribution in [0.5, 0.6) is 0 Å². The fraction of sp³-hybridized carbons (Fsp3) is 1.00. The zero-order chi connectivity index (χ0) is 11.4. The average Bonchev–Trinajstić information content (AvgIpc) is 2.20. The van der Waals surface area contributed by atoms with Crippen molar-refractivity contribution in [2.24, 2.45) is 0 Å². The molecular formula is C11H25NO3. The standard InChI is InChI=1S/C11H25NO3/c1-11(2)12-5-8-15-10-9-14-7-4-6-13-3/h11-12H,4-10H2,1-3H3. The maximum Gasteiger partial charge on any atom is 0.0701 e. The van der Waals surface area contributed by atoms with Crippen LogP contribution >= 0.6 is 0 Å². The lowest BCUT2D eigenvalue weighted by Gasteiger charge is -2.08. The molecule has 0 aromatic rings. The van der Waals surface area contributed by atoms with Crippen LogP contribution in [0.25, 0.3) is 0 Å². The molecule has 0 unspecified atom stereocenters. The summed E-state index contributed by atoms with van der Waals surface area (Å²) in [5.74, 6) is 0. The van der Waals surface area contributed by atoms with E-state index in [0.717, 1.165) is 32.8 Å². The van der Waals surface area contributed by atoms with E-state index in [1.807, 2.05) is 0 Å². The van der Waals surface area contributed by atoms with E-state index in [0.29, 0.717) is 19.3 Å². The van der Waals surface area contributed by atoms with Crippen LogP contribution in [-0.4, -0.2) is 52.7 Å². The Morgan fingerprint density at radius 1 is 0.933 bits per heavy atom. The Hall–Kier alpha value is -0.160. The molecule has 0 aromatic heterocycles. The van der Waals surface area contributed by atoms with Gasteiger partial charge in [-0.25, -0.2) is 0 Å². The molecule has 0 rings (SSSR count). The molecule has 0 atom stereocenters. The van der Waals surface area contributed by atoms with Crippen molar-refractivity contribution in [3.05, 3.63) is 0 Å². The SMILES string of the molecule is COCCCOCCOCCNC(C)C. The topological polar surface area (TPSA) is 39.7 Å². The smallest absolute Gasteiger partial charge is 0.0701 e. The van der Waals surface area contributed by atoms with Crippen molar-refractivity contribution in [1.82, 2.24) is 5.32 Å². The van der Waals surface area contributed by atoms with Gasteiger partial charge >= 0.3 is 0 Å². The van der Waals surface area contributed by atoms with Crippen LogP contribution in [0.1, 0.15) is 20.3 Å². The van der Waals surface area contributed by atoms with Crippen LogP contribution in [0.2, 0.25) is 0 Å². The predicted molar refractivity (Wildman–Crippen MR) is 61.3 cm³/mol. The van der Waals surface area contributed by atoms with Gasteiger partial charge in [0.1, 0.15) is 0 Å². The van der Waals surface area contributed by atoms with E-state index < -0.39 is 0 Å². The normalized spacial score (nSPS) is 11.2. The molecule has 0 aliphatic rings. The minimum atomic E-state index is 0.527. The molecule has 0 saturated carbocycles. The third-order valence-corrected chi connectivity index (χ3v) is 1.81. The maximum absolute atomic E-state index is 5.37. The van der Waals surface area contributed by atoms with Crippen LogP contribution in [0.15, 0.2) is 0 Å². The van der Waals surface area contributed by atoms with Crippen LogP contribution < -0.4 is 5.32 Å². The fourth-order valence-electron chi connectivity index (χ4n) is 1.05. The molecule has 4 nitrogen and oxygen atoms in total. The molecule has 0 aliphatic carbocycles. The molecule has 0 saturated heterocycles. The minimum Gasteiger partial charge on any atom is -0.385 e. The van der Waals surface area contributed by atoms with Gasteiger partial charge in [0.15, 0.2) is 0 Å². The van der Waals surface area contributed by atoms with E-state index in [4.69, 9.17) is 14.2 Å². The van der Waals surface area contributed by atoms with Crippen LogP contribution in [0, 0.1) is 0 Å². The van der Waals surface area contributed by atoms with Gasteiger partial charge in [0.25, 0.3) is 0 Å². The Morgan fingerprint density at radius 3 is 2.20 bits per heavy atom. The number of methoxy groups -OCH3 is 1.